The summed E-state index contributed by atoms with van der Waals surface area (Å²) in [5.41, 5.74) is 1.55. The number of furan rings is 1. The summed E-state index contributed by atoms with van der Waals surface area (Å²) in [5, 5.41) is 14.6. The summed E-state index contributed by atoms with van der Waals surface area (Å²) in [5.74, 6) is -0.103. The van der Waals surface area contributed by atoms with E-state index in [9.17, 15) is 4.79 Å². The highest BCUT2D eigenvalue weighted by Gasteiger charge is 2.13. The molecule has 0 atom stereocenters. The summed E-state index contributed by atoms with van der Waals surface area (Å²) in [7, 11) is 0. The van der Waals surface area contributed by atoms with Gasteiger partial charge in [-0.25, -0.2) is 4.98 Å². The molecule has 0 aliphatic heterocycles. The van der Waals surface area contributed by atoms with Gasteiger partial charge in [-0.1, -0.05) is 23.7 Å². The van der Waals surface area contributed by atoms with Crippen LogP contribution in [0, 0.1) is 11.3 Å². The third kappa shape index (κ3) is 3.71. The maximum Gasteiger partial charge on any atom is 0.268 e. The van der Waals surface area contributed by atoms with Crippen molar-refractivity contribution in [3.8, 4) is 17.3 Å². The number of carbonyl (C=O) groups is 1. The first-order valence-electron chi connectivity index (χ1n) is 6.84. The maximum atomic E-state index is 12.2. The Morgan fingerprint density at radius 3 is 2.79 bits per heavy atom. The topological polar surface area (TPSA) is 78.9 Å². The van der Waals surface area contributed by atoms with Crippen LogP contribution in [-0.2, 0) is 4.79 Å². The normalized spacial score (nSPS) is 11.1. The first-order chi connectivity index (χ1) is 11.7. The predicted octanol–water partition coefficient (Wildman–Crippen LogP) is 4.60. The number of nitriles is 1. The van der Waals surface area contributed by atoms with E-state index in [0.717, 1.165) is 11.3 Å². The minimum atomic E-state index is -0.536. The Bertz CT molecular complexity index is 922. The first kappa shape index (κ1) is 16.0. The Morgan fingerprint density at radius 1 is 1.33 bits per heavy atom. The first-order valence-corrected chi connectivity index (χ1v) is 8.09. The zero-order valence-corrected chi connectivity index (χ0v) is 13.8. The molecule has 2 heterocycles. The highest BCUT2D eigenvalue weighted by molar-refractivity contribution is 7.14. The Balaban J connectivity index is 1.75. The van der Waals surface area contributed by atoms with Crippen molar-refractivity contribution in [2.24, 2.45) is 0 Å². The molecular formula is C17H10ClN3O2S. The zero-order valence-electron chi connectivity index (χ0n) is 12.2. The second-order valence-electron chi connectivity index (χ2n) is 4.68. The largest absolute Gasteiger partial charge is 0.465 e. The number of rotatable bonds is 4. The molecule has 2 aromatic heterocycles. The number of amides is 1. The molecule has 118 valence electrons. The molecular weight excluding hydrogens is 346 g/mol. The number of halogens is 1. The van der Waals surface area contributed by atoms with Crippen LogP contribution >= 0.6 is 22.9 Å². The van der Waals surface area contributed by atoms with E-state index in [1.165, 1.54) is 23.7 Å². The second-order valence-corrected chi connectivity index (χ2v) is 5.98. The van der Waals surface area contributed by atoms with Gasteiger partial charge in [-0.2, -0.15) is 5.26 Å². The highest BCUT2D eigenvalue weighted by atomic mass is 35.5. The Kier molecular flexibility index (Phi) is 4.75. The fourth-order valence-corrected chi connectivity index (χ4v) is 2.75. The minimum absolute atomic E-state index is 0.0619. The molecule has 0 saturated carbocycles. The van der Waals surface area contributed by atoms with Gasteiger partial charge in [0.05, 0.1) is 12.0 Å². The lowest BCUT2D eigenvalue weighted by Gasteiger charge is -1.99. The number of aromatic nitrogens is 1. The monoisotopic (exact) mass is 355 g/mol. The molecule has 0 bridgehead atoms. The van der Waals surface area contributed by atoms with E-state index in [2.05, 4.69) is 10.3 Å². The van der Waals surface area contributed by atoms with Crippen molar-refractivity contribution in [3.63, 3.8) is 0 Å². The summed E-state index contributed by atoms with van der Waals surface area (Å²) in [4.78, 5) is 16.5. The van der Waals surface area contributed by atoms with Gasteiger partial charge in [0, 0.05) is 22.0 Å². The quantitative estimate of drug-likeness (QED) is 0.547. The number of benzene rings is 1. The van der Waals surface area contributed by atoms with Crippen molar-refractivity contribution < 1.29 is 9.21 Å². The third-order valence-corrected chi connectivity index (χ3v) is 4.07. The fraction of sp³-hybridized carbons (Fsp3) is 0. The molecule has 7 heteroatoms. The van der Waals surface area contributed by atoms with Gasteiger partial charge in [-0.3, -0.25) is 10.1 Å². The molecule has 0 aliphatic rings. The molecule has 1 amide bonds. The van der Waals surface area contributed by atoms with E-state index in [1.807, 2.05) is 23.6 Å². The van der Waals surface area contributed by atoms with Crippen LogP contribution in [0.1, 0.15) is 5.76 Å². The second kappa shape index (κ2) is 7.13. The molecule has 3 rings (SSSR count). The smallest absolute Gasteiger partial charge is 0.268 e. The van der Waals surface area contributed by atoms with Crippen molar-refractivity contribution in [1.29, 1.82) is 5.26 Å². The molecule has 0 spiro atoms. The number of nitrogens with one attached hydrogen (secondary N) is 1. The summed E-state index contributed by atoms with van der Waals surface area (Å²) in [6, 6.07) is 12.4. The molecule has 0 radical (unpaired) electrons. The van der Waals surface area contributed by atoms with Crippen molar-refractivity contribution in [3.05, 3.63) is 64.4 Å². The molecule has 3 aromatic rings. The van der Waals surface area contributed by atoms with E-state index in [0.29, 0.717) is 15.9 Å². The van der Waals surface area contributed by atoms with Gasteiger partial charge in [0.25, 0.3) is 5.91 Å². The highest BCUT2D eigenvalue weighted by Crippen LogP contribution is 2.26. The van der Waals surface area contributed by atoms with Crippen LogP contribution in [0.15, 0.2) is 58.0 Å². The summed E-state index contributed by atoms with van der Waals surface area (Å²) in [6.45, 7) is 0. The predicted molar refractivity (Wildman–Crippen MR) is 93.5 cm³/mol. The Hall–Kier alpha value is -2.88. The van der Waals surface area contributed by atoms with Gasteiger partial charge in [-0.15, -0.1) is 11.3 Å². The van der Waals surface area contributed by atoms with E-state index in [-0.39, 0.29) is 5.57 Å². The van der Waals surface area contributed by atoms with Crippen molar-refractivity contribution in [2.75, 3.05) is 5.32 Å². The van der Waals surface area contributed by atoms with Crippen LogP contribution in [-0.4, -0.2) is 10.9 Å². The summed E-state index contributed by atoms with van der Waals surface area (Å²) >= 11 is 7.14. The van der Waals surface area contributed by atoms with Crippen LogP contribution in [0.5, 0.6) is 0 Å². The molecule has 0 unspecified atom stereocenters. The molecule has 0 fully saturated rings. The lowest BCUT2D eigenvalue weighted by atomic mass is 10.2. The van der Waals surface area contributed by atoms with Gasteiger partial charge in [0.15, 0.2) is 5.13 Å². The average Bonchev–Trinajstić information content (AvgIpc) is 3.25. The minimum Gasteiger partial charge on any atom is -0.465 e. The molecule has 1 aromatic carbocycles. The van der Waals surface area contributed by atoms with Gasteiger partial charge in [0.1, 0.15) is 17.4 Å². The molecule has 24 heavy (non-hydrogen) atoms. The van der Waals surface area contributed by atoms with Crippen LogP contribution in [0.2, 0.25) is 5.02 Å². The van der Waals surface area contributed by atoms with Crippen LogP contribution in [0.3, 0.4) is 0 Å². The molecule has 0 aliphatic carbocycles. The zero-order chi connectivity index (χ0) is 16.9. The number of nitrogens with zero attached hydrogens (tertiary/aromatic N) is 2. The Morgan fingerprint density at radius 2 is 2.12 bits per heavy atom. The number of thiazole rings is 1. The number of hydrogen-bond donors (Lipinski definition) is 1. The molecule has 0 saturated heterocycles. The summed E-state index contributed by atoms with van der Waals surface area (Å²) < 4.78 is 5.11. The number of carbonyl (C=O) groups excluding carboxylic acids is 1. The van der Waals surface area contributed by atoms with Gasteiger partial charge >= 0.3 is 0 Å². The van der Waals surface area contributed by atoms with E-state index >= 15 is 0 Å². The molecule has 1 N–H and O–H groups in total. The van der Waals surface area contributed by atoms with Crippen molar-refractivity contribution in [1.82, 2.24) is 4.98 Å². The average molecular weight is 356 g/mol. The lowest BCUT2D eigenvalue weighted by Crippen LogP contribution is -2.13. The summed E-state index contributed by atoms with van der Waals surface area (Å²) in [6.07, 6.45) is 2.85. The maximum absolute atomic E-state index is 12.2. The lowest BCUT2D eigenvalue weighted by molar-refractivity contribution is -0.112. The van der Waals surface area contributed by atoms with Crippen molar-refractivity contribution >= 4 is 40.1 Å². The Labute approximate surface area is 146 Å². The number of anilines is 1. The van der Waals surface area contributed by atoms with Gasteiger partial charge in [-0.05, 0) is 24.3 Å². The third-order valence-electron chi connectivity index (χ3n) is 3.06. The fourth-order valence-electron chi connectivity index (χ4n) is 1.91. The van der Waals surface area contributed by atoms with Crippen LogP contribution < -0.4 is 5.32 Å². The van der Waals surface area contributed by atoms with Crippen LogP contribution in [0.25, 0.3) is 17.3 Å². The number of hydrogen-bond acceptors (Lipinski definition) is 5. The van der Waals surface area contributed by atoms with Crippen LogP contribution in [0.4, 0.5) is 5.13 Å². The van der Waals surface area contributed by atoms with E-state index < -0.39 is 5.91 Å². The van der Waals surface area contributed by atoms with Gasteiger partial charge < -0.3 is 4.42 Å². The SMILES string of the molecule is N#CC(=Cc1ccco1)C(=O)Nc1nc(-c2ccc(Cl)cc2)cs1. The standard InChI is InChI=1S/C17H10ClN3O2S/c18-13-5-3-11(4-6-13)15-10-24-17(20-15)21-16(22)12(9-19)8-14-2-1-7-23-14/h1-8,10H,(H,20,21,22). The van der Waals surface area contributed by atoms with E-state index in [4.69, 9.17) is 21.3 Å². The molecule has 5 nitrogen and oxygen atoms in total. The van der Waals surface area contributed by atoms with E-state index in [1.54, 1.807) is 24.3 Å². The van der Waals surface area contributed by atoms with Crippen molar-refractivity contribution in [2.45, 2.75) is 0 Å². The van der Waals surface area contributed by atoms with Gasteiger partial charge in [0.2, 0.25) is 0 Å².